The minimum absolute atomic E-state index is 0.0611. The maximum absolute atomic E-state index is 14.1. The standard InChI is InChI=1S/C30H43N3O7/c1-38-26-10-9-22(16-27(26)39-24-7-2-3-8-24)25-17-30(40-31-25,29(37)33-13-5-4-6-23(33)20-35)28(36)18-32-14-11-21(19-34)12-15-32/h9-10,16-17,21,23-24,31,34-35H,2-8,11-15,18-20H2,1H3. The number of aliphatic hydroxyl groups excluding tert-OH is 2. The number of nitrogens with one attached hydrogen (secondary N) is 1. The van der Waals surface area contributed by atoms with E-state index in [2.05, 4.69) is 5.48 Å². The van der Waals surface area contributed by atoms with Gasteiger partial charge in [0.15, 0.2) is 17.3 Å². The Kier molecular flexibility index (Phi) is 9.30. The zero-order chi connectivity index (χ0) is 28.1. The first-order valence-corrected chi connectivity index (χ1v) is 14.8. The molecule has 1 aliphatic carbocycles. The highest BCUT2D eigenvalue weighted by Crippen LogP contribution is 2.37. The number of rotatable bonds is 10. The highest BCUT2D eigenvalue weighted by molar-refractivity contribution is 6.14. The number of aliphatic hydroxyl groups is 2. The number of ketones is 1. The van der Waals surface area contributed by atoms with E-state index in [-0.39, 0.29) is 43.6 Å². The molecule has 1 amide bonds. The largest absolute Gasteiger partial charge is 0.493 e. The molecular weight excluding hydrogens is 514 g/mol. The van der Waals surface area contributed by atoms with E-state index in [4.69, 9.17) is 14.3 Å². The van der Waals surface area contributed by atoms with E-state index < -0.39 is 11.5 Å². The molecule has 1 aromatic carbocycles. The number of carbonyl (C=O) groups is 2. The maximum Gasteiger partial charge on any atom is 0.269 e. The minimum Gasteiger partial charge on any atom is -0.493 e. The second-order valence-corrected chi connectivity index (χ2v) is 11.5. The average molecular weight is 558 g/mol. The fourth-order valence-electron chi connectivity index (χ4n) is 6.34. The van der Waals surface area contributed by atoms with Crippen LogP contribution >= 0.6 is 0 Å². The van der Waals surface area contributed by atoms with Gasteiger partial charge in [-0.15, -0.1) is 0 Å². The van der Waals surface area contributed by atoms with Gasteiger partial charge in [0, 0.05) is 18.7 Å². The summed E-state index contributed by atoms with van der Waals surface area (Å²) in [5.74, 6) is 0.694. The van der Waals surface area contributed by atoms with Crippen LogP contribution in [-0.2, 0) is 14.4 Å². The number of hydroxylamine groups is 1. The normalized spacial score (nSPS) is 26.4. The Bertz CT molecular complexity index is 1080. The Balaban J connectivity index is 1.44. The third kappa shape index (κ3) is 6.00. The molecule has 10 heteroatoms. The number of hydrogen-bond acceptors (Lipinski definition) is 9. The predicted molar refractivity (Wildman–Crippen MR) is 149 cm³/mol. The number of ether oxygens (including phenoxy) is 2. The van der Waals surface area contributed by atoms with E-state index in [1.807, 2.05) is 23.1 Å². The molecule has 40 heavy (non-hydrogen) atoms. The van der Waals surface area contributed by atoms with Crippen LogP contribution < -0.4 is 15.0 Å². The van der Waals surface area contributed by atoms with Crippen LogP contribution in [0.2, 0.25) is 0 Å². The molecule has 2 saturated heterocycles. The second kappa shape index (κ2) is 12.9. The fraction of sp³-hybridized carbons (Fsp3) is 0.667. The summed E-state index contributed by atoms with van der Waals surface area (Å²) in [6.07, 6.45) is 10.1. The van der Waals surface area contributed by atoms with Crippen molar-refractivity contribution in [3.8, 4) is 11.5 Å². The number of likely N-dealkylation sites (tertiary alicyclic amines) is 2. The summed E-state index contributed by atoms with van der Waals surface area (Å²) in [6.45, 7) is 1.87. The van der Waals surface area contributed by atoms with Gasteiger partial charge in [0.2, 0.25) is 0 Å². The van der Waals surface area contributed by atoms with Crippen molar-refractivity contribution in [1.29, 1.82) is 0 Å². The summed E-state index contributed by atoms with van der Waals surface area (Å²) in [5.41, 5.74) is 2.28. The van der Waals surface area contributed by atoms with Crippen molar-refractivity contribution in [2.45, 2.75) is 75.5 Å². The summed E-state index contributed by atoms with van der Waals surface area (Å²) >= 11 is 0. The smallest absolute Gasteiger partial charge is 0.269 e. The Hall–Kier alpha value is -2.66. The highest BCUT2D eigenvalue weighted by atomic mass is 16.7. The highest BCUT2D eigenvalue weighted by Gasteiger charge is 2.53. The summed E-state index contributed by atoms with van der Waals surface area (Å²) in [4.78, 5) is 37.7. The van der Waals surface area contributed by atoms with Crippen LogP contribution in [0.25, 0.3) is 5.70 Å². The molecule has 3 N–H and O–H groups in total. The molecule has 0 aromatic heterocycles. The van der Waals surface area contributed by atoms with Crippen molar-refractivity contribution in [2.24, 2.45) is 5.92 Å². The minimum atomic E-state index is -1.85. The van der Waals surface area contributed by atoms with Gasteiger partial charge in [-0.1, -0.05) is 0 Å². The molecule has 0 radical (unpaired) electrons. The number of amides is 1. The third-order valence-electron chi connectivity index (χ3n) is 8.90. The first-order chi connectivity index (χ1) is 19.5. The lowest BCUT2D eigenvalue weighted by Crippen LogP contribution is -2.60. The van der Waals surface area contributed by atoms with Gasteiger partial charge in [0.1, 0.15) is 0 Å². The van der Waals surface area contributed by atoms with Gasteiger partial charge in [-0.25, -0.2) is 4.84 Å². The second-order valence-electron chi connectivity index (χ2n) is 11.5. The van der Waals surface area contributed by atoms with Gasteiger partial charge in [-0.05, 0) is 101 Å². The SMILES string of the molecule is COc1ccc(C2=CC(C(=O)CN3CCC(CO)CC3)(C(=O)N3CCCCC3CO)ON2)cc1OC1CCCC1. The van der Waals surface area contributed by atoms with E-state index in [1.165, 1.54) is 0 Å². The summed E-state index contributed by atoms with van der Waals surface area (Å²) in [7, 11) is 1.61. The van der Waals surface area contributed by atoms with Crippen LogP contribution in [0.5, 0.6) is 11.5 Å². The third-order valence-corrected chi connectivity index (χ3v) is 8.90. The van der Waals surface area contributed by atoms with Crippen LogP contribution in [0.1, 0.15) is 63.4 Å². The van der Waals surface area contributed by atoms with E-state index in [0.29, 0.717) is 43.3 Å². The summed E-state index contributed by atoms with van der Waals surface area (Å²) < 4.78 is 11.8. The Morgan fingerprint density at radius 3 is 2.45 bits per heavy atom. The number of nitrogens with zero attached hydrogens (tertiary/aromatic N) is 2. The van der Waals surface area contributed by atoms with Crippen LogP contribution in [0, 0.1) is 5.92 Å². The topological polar surface area (TPSA) is 121 Å². The number of piperidine rings is 2. The molecule has 3 fully saturated rings. The van der Waals surface area contributed by atoms with Crippen LogP contribution in [0.15, 0.2) is 24.3 Å². The molecule has 0 spiro atoms. The summed E-state index contributed by atoms with van der Waals surface area (Å²) in [6, 6.07) is 5.19. The van der Waals surface area contributed by atoms with Gasteiger partial charge in [-0.3, -0.25) is 20.0 Å². The van der Waals surface area contributed by atoms with Gasteiger partial charge in [-0.2, -0.15) is 0 Å². The van der Waals surface area contributed by atoms with E-state index in [0.717, 1.165) is 56.9 Å². The van der Waals surface area contributed by atoms with Crippen molar-refractivity contribution in [2.75, 3.05) is 46.5 Å². The van der Waals surface area contributed by atoms with Crippen molar-refractivity contribution in [3.05, 3.63) is 29.8 Å². The lowest BCUT2D eigenvalue weighted by molar-refractivity contribution is -0.167. The molecule has 1 saturated carbocycles. The molecule has 220 valence electrons. The molecule has 10 nitrogen and oxygen atoms in total. The Labute approximate surface area is 236 Å². The maximum atomic E-state index is 14.1. The van der Waals surface area contributed by atoms with Gasteiger partial charge >= 0.3 is 0 Å². The van der Waals surface area contributed by atoms with E-state index >= 15 is 0 Å². The van der Waals surface area contributed by atoms with E-state index in [9.17, 15) is 19.8 Å². The van der Waals surface area contributed by atoms with Crippen LogP contribution in [0.4, 0.5) is 0 Å². The molecule has 4 aliphatic rings. The van der Waals surface area contributed by atoms with Gasteiger partial charge in [0.05, 0.1) is 38.1 Å². The van der Waals surface area contributed by atoms with Gasteiger partial charge < -0.3 is 24.6 Å². The molecule has 0 bridgehead atoms. The zero-order valence-corrected chi connectivity index (χ0v) is 23.5. The van der Waals surface area contributed by atoms with Crippen LogP contribution in [0.3, 0.4) is 0 Å². The monoisotopic (exact) mass is 557 g/mol. The van der Waals surface area contributed by atoms with Crippen molar-refractivity contribution in [1.82, 2.24) is 15.3 Å². The fourth-order valence-corrected chi connectivity index (χ4v) is 6.34. The van der Waals surface area contributed by atoms with Crippen molar-refractivity contribution >= 4 is 17.4 Å². The number of hydrogen-bond donors (Lipinski definition) is 3. The average Bonchev–Trinajstić information content (AvgIpc) is 3.68. The quantitative estimate of drug-likeness (QED) is 0.372. The molecule has 3 heterocycles. The zero-order valence-electron chi connectivity index (χ0n) is 23.5. The number of carbonyl (C=O) groups excluding carboxylic acids is 2. The molecule has 5 rings (SSSR count). The van der Waals surface area contributed by atoms with Gasteiger partial charge in [0.25, 0.3) is 11.5 Å². The molecule has 3 aliphatic heterocycles. The predicted octanol–water partition coefficient (Wildman–Crippen LogP) is 2.28. The molecule has 2 unspecified atom stereocenters. The lowest BCUT2D eigenvalue weighted by atomic mass is 9.90. The van der Waals surface area contributed by atoms with Crippen molar-refractivity contribution in [3.63, 3.8) is 0 Å². The number of benzene rings is 1. The lowest BCUT2D eigenvalue weighted by Gasteiger charge is -2.39. The van der Waals surface area contributed by atoms with Crippen LogP contribution in [-0.4, -0.2) is 96.0 Å². The van der Waals surface area contributed by atoms with Crippen molar-refractivity contribution < 1.29 is 34.1 Å². The molecule has 2 atom stereocenters. The number of Topliss-reactive ketones (excluding diaryl/α,β-unsaturated/α-hetero) is 1. The Morgan fingerprint density at radius 1 is 1.00 bits per heavy atom. The first-order valence-electron chi connectivity index (χ1n) is 14.8. The Morgan fingerprint density at radius 2 is 1.75 bits per heavy atom. The van der Waals surface area contributed by atoms with E-state index in [1.54, 1.807) is 18.1 Å². The molecule has 1 aromatic rings. The first kappa shape index (κ1) is 28.9. The summed E-state index contributed by atoms with van der Waals surface area (Å²) in [5, 5.41) is 19.5. The number of methoxy groups -OCH3 is 1. The molecular formula is C30H43N3O7.